The first kappa shape index (κ1) is 17.1. The summed E-state index contributed by atoms with van der Waals surface area (Å²) in [6, 6.07) is 10.5. The zero-order valence-electron chi connectivity index (χ0n) is 14.7. The fourth-order valence-electron chi connectivity index (χ4n) is 2.97. The number of phenols is 1. The van der Waals surface area contributed by atoms with Crippen molar-refractivity contribution in [1.29, 1.82) is 0 Å². The molecule has 0 aromatic heterocycles. The summed E-state index contributed by atoms with van der Waals surface area (Å²) in [6.07, 6.45) is 2.82. The zero-order chi connectivity index (χ0) is 18.0. The summed E-state index contributed by atoms with van der Waals surface area (Å²) in [5.41, 5.74) is 3.74. The van der Waals surface area contributed by atoms with Crippen LogP contribution in [0.5, 0.6) is 17.2 Å². The minimum atomic E-state index is -0.363. The Hall–Kier alpha value is -2.75. The molecule has 0 aliphatic carbocycles. The molecular formula is C21H22O4. The number of allylic oxidation sites excluding steroid dienone is 2. The summed E-state index contributed by atoms with van der Waals surface area (Å²) in [5.74, 6) is 1.36. The van der Waals surface area contributed by atoms with E-state index in [1.54, 1.807) is 13.2 Å². The molecule has 0 spiro atoms. The van der Waals surface area contributed by atoms with Gasteiger partial charge in [-0.25, -0.2) is 0 Å². The lowest BCUT2D eigenvalue weighted by atomic mass is 9.94. The molecule has 0 amide bonds. The van der Waals surface area contributed by atoms with Crippen molar-refractivity contribution in [3.63, 3.8) is 0 Å². The molecule has 3 rings (SSSR count). The average molecular weight is 338 g/mol. The number of ether oxygens (including phenoxy) is 2. The predicted octanol–water partition coefficient (Wildman–Crippen LogP) is 4.62. The van der Waals surface area contributed by atoms with Crippen LogP contribution >= 0.6 is 0 Å². The number of carbonyl (C=O) groups excluding carboxylic acids is 1. The van der Waals surface area contributed by atoms with Gasteiger partial charge in [0.05, 0.1) is 19.1 Å². The van der Waals surface area contributed by atoms with Crippen LogP contribution in [0.2, 0.25) is 0 Å². The molecule has 2 aromatic carbocycles. The molecule has 1 aliphatic heterocycles. The van der Waals surface area contributed by atoms with E-state index in [4.69, 9.17) is 9.47 Å². The van der Waals surface area contributed by atoms with Crippen LogP contribution in [-0.4, -0.2) is 18.0 Å². The van der Waals surface area contributed by atoms with Crippen LogP contribution in [0.25, 0.3) is 0 Å². The minimum absolute atomic E-state index is 0.0212. The van der Waals surface area contributed by atoms with Crippen LogP contribution in [0.1, 0.15) is 47.9 Å². The van der Waals surface area contributed by atoms with E-state index in [1.165, 1.54) is 17.7 Å². The van der Waals surface area contributed by atoms with Crippen LogP contribution in [-0.2, 0) is 6.42 Å². The van der Waals surface area contributed by atoms with E-state index in [0.717, 1.165) is 23.3 Å². The topological polar surface area (TPSA) is 55.8 Å². The molecule has 0 saturated heterocycles. The van der Waals surface area contributed by atoms with Gasteiger partial charge in [-0.05, 0) is 55.7 Å². The number of phenolic OH excluding ortho intramolecular Hbond substituents is 1. The summed E-state index contributed by atoms with van der Waals surface area (Å²) in [4.78, 5) is 12.4. The third-order valence-corrected chi connectivity index (χ3v) is 4.31. The Balaban J connectivity index is 1.93. The first-order chi connectivity index (χ1) is 12.0. The van der Waals surface area contributed by atoms with Crippen LogP contribution in [0.15, 0.2) is 48.0 Å². The van der Waals surface area contributed by atoms with E-state index < -0.39 is 0 Å². The number of hydrogen-bond acceptors (Lipinski definition) is 4. The van der Waals surface area contributed by atoms with E-state index in [0.29, 0.717) is 11.3 Å². The normalized spacial score (nSPS) is 16.0. The fourth-order valence-corrected chi connectivity index (χ4v) is 2.97. The van der Waals surface area contributed by atoms with Gasteiger partial charge < -0.3 is 14.6 Å². The second kappa shape index (κ2) is 7.01. The Morgan fingerprint density at radius 1 is 1.28 bits per heavy atom. The number of carbonyl (C=O) groups is 1. The maximum Gasteiger partial charge on any atom is 0.170 e. The molecule has 0 fully saturated rings. The Bertz CT molecular complexity index is 832. The monoisotopic (exact) mass is 338 g/mol. The van der Waals surface area contributed by atoms with Gasteiger partial charge in [-0.15, -0.1) is 0 Å². The van der Waals surface area contributed by atoms with Crippen molar-refractivity contribution in [2.75, 3.05) is 7.11 Å². The number of hydrogen-bond donors (Lipinski definition) is 1. The van der Waals surface area contributed by atoms with Gasteiger partial charge in [-0.2, -0.15) is 0 Å². The number of Topliss-reactive ketones (excluding diaryl/α,β-unsaturated/α-hetero) is 1. The largest absolute Gasteiger partial charge is 0.508 e. The van der Waals surface area contributed by atoms with Crippen molar-refractivity contribution in [2.24, 2.45) is 0 Å². The molecule has 4 nitrogen and oxygen atoms in total. The molecule has 1 atom stereocenters. The molecule has 1 unspecified atom stereocenters. The second-order valence-electron chi connectivity index (χ2n) is 6.47. The molecule has 0 radical (unpaired) electrons. The highest BCUT2D eigenvalue weighted by molar-refractivity contribution is 6.00. The average Bonchev–Trinajstić information content (AvgIpc) is 2.59. The Labute approximate surface area is 147 Å². The number of methoxy groups -OCH3 is 1. The van der Waals surface area contributed by atoms with Crippen molar-refractivity contribution >= 4 is 5.78 Å². The third-order valence-electron chi connectivity index (χ3n) is 4.31. The summed E-state index contributed by atoms with van der Waals surface area (Å²) in [7, 11) is 1.65. The van der Waals surface area contributed by atoms with Crippen molar-refractivity contribution in [1.82, 2.24) is 0 Å². The molecule has 2 aromatic rings. The van der Waals surface area contributed by atoms with E-state index in [1.807, 2.05) is 18.2 Å². The number of rotatable bonds is 4. The van der Waals surface area contributed by atoms with Gasteiger partial charge in [0.25, 0.3) is 0 Å². The lowest BCUT2D eigenvalue weighted by molar-refractivity contribution is 0.0849. The molecule has 130 valence electrons. The van der Waals surface area contributed by atoms with Crippen LogP contribution < -0.4 is 9.47 Å². The highest BCUT2D eigenvalue weighted by atomic mass is 16.5. The van der Waals surface area contributed by atoms with Gasteiger partial charge in [0.15, 0.2) is 5.78 Å². The van der Waals surface area contributed by atoms with Gasteiger partial charge in [-0.1, -0.05) is 17.7 Å². The van der Waals surface area contributed by atoms with Crippen molar-refractivity contribution in [2.45, 2.75) is 32.8 Å². The molecule has 1 N–H and O–H groups in total. The Morgan fingerprint density at radius 3 is 2.80 bits per heavy atom. The van der Waals surface area contributed by atoms with Gasteiger partial charge in [-0.3, -0.25) is 4.79 Å². The number of aromatic hydroxyl groups is 1. The van der Waals surface area contributed by atoms with Gasteiger partial charge in [0, 0.05) is 6.07 Å². The maximum absolute atomic E-state index is 12.4. The SMILES string of the molecule is COc1ccc(C2CC(=O)c3ccc(O)cc3O2)cc1CC=C(C)C. The summed E-state index contributed by atoms with van der Waals surface area (Å²) in [5, 5.41) is 9.65. The van der Waals surface area contributed by atoms with E-state index in [-0.39, 0.29) is 24.1 Å². The van der Waals surface area contributed by atoms with Crippen LogP contribution in [0.4, 0.5) is 0 Å². The molecule has 1 aliphatic rings. The standard InChI is InChI=1S/C21H22O4/c1-13(2)4-5-14-10-15(6-9-19(14)24-3)20-12-18(23)17-8-7-16(22)11-21(17)25-20/h4,6-11,20,22H,5,12H2,1-3H3. The lowest BCUT2D eigenvalue weighted by Gasteiger charge is -2.26. The molecule has 0 bridgehead atoms. The Morgan fingerprint density at radius 2 is 2.08 bits per heavy atom. The second-order valence-corrected chi connectivity index (χ2v) is 6.47. The first-order valence-corrected chi connectivity index (χ1v) is 8.31. The fraction of sp³-hybridized carbons (Fsp3) is 0.286. The number of benzene rings is 2. The van der Waals surface area contributed by atoms with Crippen LogP contribution in [0, 0.1) is 0 Å². The smallest absolute Gasteiger partial charge is 0.170 e. The van der Waals surface area contributed by atoms with E-state index in [9.17, 15) is 9.90 Å². The summed E-state index contributed by atoms with van der Waals surface area (Å²) < 4.78 is 11.4. The highest BCUT2D eigenvalue weighted by Gasteiger charge is 2.28. The molecule has 25 heavy (non-hydrogen) atoms. The van der Waals surface area contributed by atoms with E-state index in [2.05, 4.69) is 19.9 Å². The van der Waals surface area contributed by atoms with Crippen molar-refractivity contribution < 1.29 is 19.4 Å². The summed E-state index contributed by atoms with van der Waals surface area (Å²) in [6.45, 7) is 4.12. The first-order valence-electron chi connectivity index (χ1n) is 8.31. The van der Waals surface area contributed by atoms with Crippen LogP contribution in [0.3, 0.4) is 0 Å². The molecule has 0 saturated carbocycles. The van der Waals surface area contributed by atoms with Crippen molar-refractivity contribution in [3.05, 3.63) is 64.7 Å². The van der Waals surface area contributed by atoms with Gasteiger partial charge in [0.1, 0.15) is 23.4 Å². The van der Waals surface area contributed by atoms with Gasteiger partial charge in [0.2, 0.25) is 0 Å². The predicted molar refractivity (Wildman–Crippen MR) is 96.6 cm³/mol. The maximum atomic E-state index is 12.4. The zero-order valence-corrected chi connectivity index (χ0v) is 14.7. The van der Waals surface area contributed by atoms with E-state index >= 15 is 0 Å². The molecular weight excluding hydrogens is 316 g/mol. The minimum Gasteiger partial charge on any atom is -0.508 e. The molecule has 1 heterocycles. The summed E-state index contributed by atoms with van der Waals surface area (Å²) >= 11 is 0. The highest BCUT2D eigenvalue weighted by Crippen LogP contribution is 2.37. The lowest BCUT2D eigenvalue weighted by Crippen LogP contribution is -2.20. The Kier molecular flexibility index (Phi) is 4.79. The van der Waals surface area contributed by atoms with Gasteiger partial charge >= 0.3 is 0 Å². The third kappa shape index (κ3) is 3.68. The molecule has 4 heteroatoms. The van der Waals surface area contributed by atoms with Crippen molar-refractivity contribution in [3.8, 4) is 17.2 Å². The number of fused-ring (bicyclic) bond motifs is 1. The quantitative estimate of drug-likeness (QED) is 0.827. The number of ketones is 1.